The topological polar surface area (TPSA) is 108 Å². The van der Waals surface area contributed by atoms with Gasteiger partial charge in [-0.25, -0.2) is 8.42 Å². The van der Waals surface area contributed by atoms with Gasteiger partial charge < -0.3 is 10.4 Å². The van der Waals surface area contributed by atoms with Gasteiger partial charge >= 0.3 is 0 Å². The van der Waals surface area contributed by atoms with Crippen LogP contribution >= 0.6 is 11.6 Å². The van der Waals surface area contributed by atoms with E-state index in [4.69, 9.17) is 11.6 Å². The van der Waals surface area contributed by atoms with Gasteiger partial charge in [-0.1, -0.05) is 17.7 Å². The van der Waals surface area contributed by atoms with Crippen molar-refractivity contribution in [2.45, 2.75) is 31.5 Å². The molecular formula is C12H16ClN3O4S. The lowest BCUT2D eigenvalue weighted by Gasteiger charge is -2.32. The first kappa shape index (κ1) is 16.0. The van der Waals surface area contributed by atoms with Gasteiger partial charge in [0, 0.05) is 11.1 Å². The van der Waals surface area contributed by atoms with Crippen molar-refractivity contribution in [3.8, 4) is 0 Å². The molecular weight excluding hydrogens is 318 g/mol. The van der Waals surface area contributed by atoms with Crippen LogP contribution in [0.2, 0.25) is 5.02 Å². The zero-order valence-electron chi connectivity index (χ0n) is 11.4. The minimum Gasteiger partial charge on any atom is -0.361 e. The van der Waals surface area contributed by atoms with E-state index in [1.807, 2.05) is 0 Å². The van der Waals surface area contributed by atoms with Crippen LogP contribution in [0.4, 0.5) is 5.69 Å². The maximum atomic E-state index is 12.4. The van der Waals surface area contributed by atoms with Crippen molar-refractivity contribution in [2.75, 3.05) is 4.72 Å². The minimum absolute atomic E-state index is 0.314. The summed E-state index contributed by atoms with van der Waals surface area (Å²) >= 11 is 5.95. The Labute approximate surface area is 127 Å². The third-order valence-corrected chi connectivity index (χ3v) is 5.47. The molecule has 0 aromatic heterocycles. The first-order valence-corrected chi connectivity index (χ1v) is 8.16. The second-order valence-corrected chi connectivity index (χ2v) is 7.06. The summed E-state index contributed by atoms with van der Waals surface area (Å²) < 4.78 is 27.2. The minimum atomic E-state index is -3.99. The van der Waals surface area contributed by atoms with Crippen molar-refractivity contribution in [2.24, 2.45) is 0 Å². The van der Waals surface area contributed by atoms with Gasteiger partial charge in [0.2, 0.25) is 15.9 Å². The SMILES string of the molecule is Cc1c(Cl)cccc1NS(=O)(=O)C1C(=O)NC(O)NC1C. The number of halogens is 1. The fourth-order valence-electron chi connectivity index (χ4n) is 2.17. The third kappa shape index (κ3) is 3.29. The largest absolute Gasteiger partial charge is 0.361 e. The molecule has 1 aliphatic rings. The number of nitrogens with one attached hydrogen (secondary N) is 3. The molecule has 0 aliphatic carbocycles. The molecule has 3 unspecified atom stereocenters. The molecule has 1 saturated heterocycles. The summed E-state index contributed by atoms with van der Waals surface area (Å²) in [7, 11) is -3.99. The number of anilines is 1. The van der Waals surface area contributed by atoms with E-state index in [-0.39, 0.29) is 0 Å². The maximum Gasteiger partial charge on any atom is 0.246 e. The van der Waals surface area contributed by atoms with Crippen LogP contribution in [0.25, 0.3) is 0 Å². The predicted molar refractivity (Wildman–Crippen MR) is 79.3 cm³/mol. The van der Waals surface area contributed by atoms with Crippen molar-refractivity contribution >= 4 is 33.2 Å². The number of hydrogen-bond donors (Lipinski definition) is 4. The van der Waals surface area contributed by atoms with Gasteiger partial charge in [-0.2, -0.15) is 0 Å². The van der Waals surface area contributed by atoms with E-state index in [0.717, 1.165) is 0 Å². The van der Waals surface area contributed by atoms with Crippen LogP contribution in [-0.2, 0) is 14.8 Å². The summed E-state index contributed by atoms with van der Waals surface area (Å²) in [5.74, 6) is -0.763. The summed E-state index contributed by atoms with van der Waals surface area (Å²) in [6.45, 7) is 3.18. The van der Waals surface area contributed by atoms with Crippen molar-refractivity contribution in [3.63, 3.8) is 0 Å². The second-order valence-electron chi connectivity index (χ2n) is 4.85. The predicted octanol–water partition coefficient (Wildman–Crippen LogP) is 0.143. The lowest BCUT2D eigenvalue weighted by Crippen LogP contribution is -2.65. The smallest absolute Gasteiger partial charge is 0.246 e. The first-order chi connectivity index (χ1) is 9.72. The highest BCUT2D eigenvalue weighted by atomic mass is 35.5. The monoisotopic (exact) mass is 333 g/mol. The van der Waals surface area contributed by atoms with Crippen LogP contribution in [-0.4, -0.2) is 37.1 Å². The molecule has 1 aliphatic heterocycles. The molecule has 0 bridgehead atoms. The average molecular weight is 334 g/mol. The molecule has 1 fully saturated rings. The van der Waals surface area contributed by atoms with E-state index in [9.17, 15) is 18.3 Å². The summed E-state index contributed by atoms with van der Waals surface area (Å²) in [6.07, 6.45) is -1.26. The summed E-state index contributed by atoms with van der Waals surface area (Å²) in [6, 6.07) is 4.07. The van der Waals surface area contributed by atoms with Gasteiger partial charge in [-0.3, -0.25) is 14.8 Å². The van der Waals surface area contributed by atoms with E-state index in [2.05, 4.69) is 15.4 Å². The standard InChI is InChI=1S/C12H16ClN3O4S/c1-6-8(13)4-3-5-9(6)16-21(19,20)10-7(2)14-12(18)15-11(10)17/h3-5,7,10,12,14,16,18H,1-2H3,(H,15,17). The molecule has 3 atom stereocenters. The van der Waals surface area contributed by atoms with Gasteiger partial charge in [0.25, 0.3) is 0 Å². The Morgan fingerprint density at radius 1 is 1.38 bits per heavy atom. The van der Waals surface area contributed by atoms with Crippen LogP contribution in [0.15, 0.2) is 18.2 Å². The molecule has 0 saturated carbocycles. The van der Waals surface area contributed by atoms with E-state index in [1.165, 1.54) is 6.92 Å². The van der Waals surface area contributed by atoms with Gasteiger partial charge in [0.15, 0.2) is 11.6 Å². The summed E-state index contributed by atoms with van der Waals surface area (Å²) in [5, 5.41) is 13.1. The fraction of sp³-hybridized carbons (Fsp3) is 0.417. The number of hydrogen-bond acceptors (Lipinski definition) is 5. The Bertz CT molecular complexity index is 664. The Hall–Kier alpha value is -1.35. The van der Waals surface area contributed by atoms with E-state index in [1.54, 1.807) is 25.1 Å². The van der Waals surface area contributed by atoms with Crippen molar-refractivity contribution in [1.82, 2.24) is 10.6 Å². The quantitative estimate of drug-likeness (QED) is 0.629. The molecule has 1 amide bonds. The molecule has 0 spiro atoms. The number of sulfonamides is 1. The Balaban J connectivity index is 2.30. The highest BCUT2D eigenvalue weighted by Gasteiger charge is 2.42. The molecule has 116 valence electrons. The van der Waals surface area contributed by atoms with Crippen LogP contribution in [0.5, 0.6) is 0 Å². The lowest BCUT2D eigenvalue weighted by molar-refractivity contribution is -0.127. The number of rotatable bonds is 3. The van der Waals surface area contributed by atoms with Crippen molar-refractivity contribution in [1.29, 1.82) is 0 Å². The van der Waals surface area contributed by atoms with Crippen molar-refractivity contribution in [3.05, 3.63) is 28.8 Å². The Morgan fingerprint density at radius 2 is 2.05 bits per heavy atom. The van der Waals surface area contributed by atoms with Crippen LogP contribution < -0.4 is 15.4 Å². The molecule has 1 aromatic rings. The van der Waals surface area contributed by atoms with E-state index in [0.29, 0.717) is 16.3 Å². The molecule has 9 heteroatoms. The van der Waals surface area contributed by atoms with Gasteiger partial charge in [0.05, 0.1) is 5.69 Å². The zero-order valence-corrected chi connectivity index (χ0v) is 13.0. The first-order valence-electron chi connectivity index (χ1n) is 6.23. The Kier molecular flexibility index (Phi) is 4.43. The highest BCUT2D eigenvalue weighted by molar-refractivity contribution is 7.94. The third-order valence-electron chi connectivity index (χ3n) is 3.27. The molecule has 1 heterocycles. The van der Waals surface area contributed by atoms with Gasteiger partial charge in [-0.15, -0.1) is 0 Å². The summed E-state index contributed by atoms with van der Waals surface area (Å²) in [5.41, 5.74) is 0.883. The zero-order chi connectivity index (χ0) is 15.8. The van der Waals surface area contributed by atoms with E-state index >= 15 is 0 Å². The highest BCUT2D eigenvalue weighted by Crippen LogP contribution is 2.25. The van der Waals surface area contributed by atoms with Crippen LogP contribution in [0, 0.1) is 6.92 Å². The maximum absolute atomic E-state index is 12.4. The molecule has 4 N–H and O–H groups in total. The Morgan fingerprint density at radius 3 is 2.67 bits per heavy atom. The number of amides is 1. The lowest BCUT2D eigenvalue weighted by atomic mass is 10.2. The average Bonchev–Trinajstić information content (AvgIpc) is 2.33. The number of carbonyl (C=O) groups excluding carboxylic acids is 1. The molecule has 21 heavy (non-hydrogen) atoms. The van der Waals surface area contributed by atoms with Crippen molar-refractivity contribution < 1.29 is 18.3 Å². The number of carbonyl (C=O) groups is 1. The van der Waals surface area contributed by atoms with Gasteiger partial charge in [-0.05, 0) is 31.5 Å². The molecule has 7 nitrogen and oxygen atoms in total. The molecule has 2 rings (SSSR count). The molecule has 0 radical (unpaired) electrons. The normalized spacial score (nSPS) is 26.3. The number of aliphatic hydroxyl groups is 1. The molecule has 1 aromatic carbocycles. The van der Waals surface area contributed by atoms with E-state index < -0.39 is 33.6 Å². The van der Waals surface area contributed by atoms with Crippen LogP contribution in [0.1, 0.15) is 12.5 Å². The summed E-state index contributed by atoms with van der Waals surface area (Å²) in [4.78, 5) is 11.8. The number of benzene rings is 1. The second kappa shape index (κ2) is 5.80. The number of aliphatic hydroxyl groups excluding tert-OH is 1. The van der Waals surface area contributed by atoms with Crippen LogP contribution in [0.3, 0.4) is 0 Å². The van der Waals surface area contributed by atoms with Gasteiger partial charge in [0.1, 0.15) is 0 Å². The fourth-order valence-corrected chi connectivity index (χ4v) is 3.96.